The maximum atomic E-state index is 12.0. The number of aromatic nitrogens is 2. The molecule has 2 heterocycles. The van der Waals surface area contributed by atoms with Gasteiger partial charge in [-0.1, -0.05) is 0 Å². The third-order valence-electron chi connectivity index (χ3n) is 3.67. The van der Waals surface area contributed by atoms with Crippen LogP contribution in [0.5, 0.6) is 0 Å². The molecule has 0 aliphatic carbocycles. The van der Waals surface area contributed by atoms with Crippen molar-refractivity contribution < 1.29 is 4.74 Å². The molecule has 1 saturated heterocycles. The van der Waals surface area contributed by atoms with Gasteiger partial charge in [0.2, 0.25) is 0 Å². The molecule has 6 nitrogen and oxygen atoms in total. The molecule has 1 fully saturated rings. The fourth-order valence-corrected chi connectivity index (χ4v) is 2.49. The fraction of sp³-hybridized carbons (Fsp3) is 0.733. The minimum absolute atomic E-state index is 0.0180. The molecule has 1 aliphatic rings. The van der Waals surface area contributed by atoms with Crippen molar-refractivity contribution in [1.29, 1.82) is 0 Å². The van der Waals surface area contributed by atoms with Crippen LogP contribution in [0.4, 0.5) is 5.69 Å². The highest BCUT2D eigenvalue weighted by Gasteiger charge is 2.13. The Balaban J connectivity index is 1.72. The van der Waals surface area contributed by atoms with E-state index in [1.165, 1.54) is 17.5 Å². The average molecular weight is 294 g/mol. The number of nitrogens with zero attached hydrogens (tertiary/aromatic N) is 3. The van der Waals surface area contributed by atoms with Crippen molar-refractivity contribution in [3.05, 3.63) is 22.6 Å². The lowest BCUT2D eigenvalue weighted by Crippen LogP contribution is -2.30. The smallest absolute Gasteiger partial charge is 0.268 e. The van der Waals surface area contributed by atoms with Crippen LogP contribution >= 0.6 is 0 Å². The summed E-state index contributed by atoms with van der Waals surface area (Å²) in [5.41, 5.74) is 0.939. The standard InChI is InChI=1S/C15H26N4O2/c1-2-21-11-5-6-16-7-10-19-15(20)12-14(13-17-19)18-8-3-4-9-18/h12-13,16H,2-11H2,1H3. The predicted octanol–water partition coefficient (Wildman–Crippen LogP) is 0.860. The van der Waals surface area contributed by atoms with Gasteiger partial charge < -0.3 is 15.0 Å². The lowest BCUT2D eigenvalue weighted by molar-refractivity contribution is 0.144. The van der Waals surface area contributed by atoms with Gasteiger partial charge in [0.15, 0.2) is 0 Å². The summed E-state index contributed by atoms with van der Waals surface area (Å²) in [5.74, 6) is 0. The second-order valence-corrected chi connectivity index (χ2v) is 5.27. The molecule has 0 radical (unpaired) electrons. The van der Waals surface area contributed by atoms with E-state index in [0.29, 0.717) is 6.54 Å². The highest BCUT2D eigenvalue weighted by molar-refractivity contribution is 5.43. The molecule has 118 valence electrons. The van der Waals surface area contributed by atoms with Gasteiger partial charge in [-0.3, -0.25) is 4.79 Å². The Morgan fingerprint density at radius 2 is 2.14 bits per heavy atom. The summed E-state index contributed by atoms with van der Waals surface area (Å²) in [6.07, 6.45) is 5.20. The van der Waals surface area contributed by atoms with E-state index in [9.17, 15) is 4.79 Å². The maximum Gasteiger partial charge on any atom is 0.268 e. The second kappa shape index (κ2) is 8.79. The zero-order valence-electron chi connectivity index (χ0n) is 12.9. The quantitative estimate of drug-likeness (QED) is 0.685. The van der Waals surface area contributed by atoms with Crippen molar-refractivity contribution in [1.82, 2.24) is 15.1 Å². The van der Waals surface area contributed by atoms with E-state index in [2.05, 4.69) is 15.3 Å². The van der Waals surface area contributed by atoms with Crippen LogP contribution in [0.15, 0.2) is 17.1 Å². The van der Waals surface area contributed by atoms with Crippen molar-refractivity contribution in [3.8, 4) is 0 Å². The third kappa shape index (κ3) is 5.13. The summed E-state index contributed by atoms with van der Waals surface area (Å²) in [6, 6.07) is 1.70. The number of hydrogen-bond acceptors (Lipinski definition) is 5. The Bertz CT molecular complexity index is 469. The van der Waals surface area contributed by atoms with E-state index in [-0.39, 0.29) is 5.56 Å². The van der Waals surface area contributed by atoms with Crippen LogP contribution in [0.3, 0.4) is 0 Å². The first kappa shape index (κ1) is 16.0. The molecule has 1 aromatic heterocycles. The van der Waals surface area contributed by atoms with Crippen LogP contribution in [-0.2, 0) is 11.3 Å². The molecular formula is C15H26N4O2. The molecule has 0 spiro atoms. The normalized spacial score (nSPS) is 14.8. The lowest BCUT2D eigenvalue weighted by Gasteiger charge is -2.17. The molecule has 1 N–H and O–H groups in total. The molecule has 0 aromatic carbocycles. The van der Waals surface area contributed by atoms with Crippen LogP contribution in [0.2, 0.25) is 0 Å². The van der Waals surface area contributed by atoms with Gasteiger partial charge in [-0.25, -0.2) is 4.68 Å². The summed E-state index contributed by atoms with van der Waals surface area (Å²) < 4.78 is 6.79. The molecule has 1 aromatic rings. The molecule has 2 rings (SSSR count). The molecule has 0 bridgehead atoms. The Morgan fingerprint density at radius 1 is 1.33 bits per heavy atom. The van der Waals surface area contributed by atoms with E-state index in [1.54, 1.807) is 6.07 Å². The topological polar surface area (TPSA) is 59.4 Å². The predicted molar refractivity (Wildman–Crippen MR) is 83.9 cm³/mol. The van der Waals surface area contributed by atoms with E-state index in [4.69, 9.17) is 4.74 Å². The molecule has 1 aliphatic heterocycles. The minimum atomic E-state index is -0.0180. The zero-order valence-corrected chi connectivity index (χ0v) is 12.9. The number of ether oxygens (including phenoxy) is 1. The number of rotatable bonds is 9. The van der Waals surface area contributed by atoms with Crippen LogP contribution in [-0.4, -0.2) is 49.2 Å². The Morgan fingerprint density at radius 3 is 2.86 bits per heavy atom. The highest BCUT2D eigenvalue weighted by Crippen LogP contribution is 2.16. The summed E-state index contributed by atoms with van der Waals surface area (Å²) >= 11 is 0. The first-order valence-corrected chi connectivity index (χ1v) is 7.92. The van der Waals surface area contributed by atoms with Gasteiger partial charge in [0.25, 0.3) is 5.56 Å². The van der Waals surface area contributed by atoms with Gasteiger partial charge >= 0.3 is 0 Å². The van der Waals surface area contributed by atoms with E-state index < -0.39 is 0 Å². The van der Waals surface area contributed by atoms with Gasteiger partial charge in [-0.2, -0.15) is 5.10 Å². The van der Waals surface area contributed by atoms with Crippen molar-refractivity contribution in [2.75, 3.05) is 44.3 Å². The van der Waals surface area contributed by atoms with Crippen LogP contribution in [0.1, 0.15) is 26.2 Å². The fourth-order valence-electron chi connectivity index (χ4n) is 2.49. The summed E-state index contributed by atoms with van der Waals surface area (Å²) in [4.78, 5) is 14.3. The van der Waals surface area contributed by atoms with Gasteiger partial charge in [-0.05, 0) is 32.7 Å². The van der Waals surface area contributed by atoms with Crippen molar-refractivity contribution in [2.45, 2.75) is 32.7 Å². The van der Waals surface area contributed by atoms with Crippen molar-refractivity contribution in [3.63, 3.8) is 0 Å². The third-order valence-corrected chi connectivity index (χ3v) is 3.67. The summed E-state index contributed by atoms with van der Waals surface area (Å²) in [7, 11) is 0. The summed E-state index contributed by atoms with van der Waals surface area (Å²) in [5, 5.41) is 7.57. The van der Waals surface area contributed by atoms with Gasteiger partial charge in [-0.15, -0.1) is 0 Å². The lowest BCUT2D eigenvalue weighted by atomic mass is 10.4. The molecule has 0 atom stereocenters. The van der Waals surface area contributed by atoms with E-state index in [1.807, 2.05) is 13.1 Å². The van der Waals surface area contributed by atoms with Gasteiger partial charge in [0.05, 0.1) is 18.4 Å². The Kier molecular flexibility index (Phi) is 6.69. The largest absolute Gasteiger partial charge is 0.382 e. The Hall–Kier alpha value is -1.40. The molecule has 0 amide bonds. The summed E-state index contributed by atoms with van der Waals surface area (Å²) in [6.45, 7) is 7.88. The molecule has 6 heteroatoms. The molecule has 21 heavy (non-hydrogen) atoms. The monoisotopic (exact) mass is 294 g/mol. The number of hydrogen-bond donors (Lipinski definition) is 1. The van der Waals surface area contributed by atoms with Crippen molar-refractivity contribution in [2.24, 2.45) is 0 Å². The maximum absolute atomic E-state index is 12.0. The average Bonchev–Trinajstić information content (AvgIpc) is 3.02. The first-order valence-electron chi connectivity index (χ1n) is 7.92. The van der Waals surface area contributed by atoms with Crippen molar-refractivity contribution >= 4 is 5.69 Å². The highest BCUT2D eigenvalue weighted by atomic mass is 16.5. The molecule has 0 unspecified atom stereocenters. The van der Waals surface area contributed by atoms with E-state index in [0.717, 1.165) is 51.5 Å². The SMILES string of the molecule is CCOCCCNCCn1ncc(N2CCCC2)cc1=O. The van der Waals surface area contributed by atoms with Crippen LogP contribution < -0.4 is 15.8 Å². The second-order valence-electron chi connectivity index (χ2n) is 5.27. The molecular weight excluding hydrogens is 268 g/mol. The first-order chi connectivity index (χ1) is 10.3. The van der Waals surface area contributed by atoms with E-state index >= 15 is 0 Å². The van der Waals surface area contributed by atoms with Gasteiger partial charge in [0.1, 0.15) is 0 Å². The van der Waals surface area contributed by atoms with Gasteiger partial charge in [0, 0.05) is 38.9 Å². The van der Waals surface area contributed by atoms with Crippen LogP contribution in [0.25, 0.3) is 0 Å². The Labute approximate surface area is 126 Å². The minimum Gasteiger partial charge on any atom is -0.382 e. The zero-order chi connectivity index (χ0) is 14.9. The number of anilines is 1. The van der Waals surface area contributed by atoms with Crippen LogP contribution in [0, 0.1) is 0 Å². The number of nitrogens with one attached hydrogen (secondary N) is 1. The molecule has 0 saturated carbocycles.